The van der Waals surface area contributed by atoms with Gasteiger partial charge in [0.15, 0.2) is 6.04 Å². The van der Waals surface area contributed by atoms with Crippen LogP contribution < -0.4 is 27.4 Å². The molecule has 0 saturated heterocycles. The molecule has 6 atom stereocenters. The number of carboxylic acid groups (broad SMARTS) is 2. The maximum absolute atomic E-state index is 12.7. The van der Waals surface area contributed by atoms with Gasteiger partial charge in [-0.2, -0.15) is 0 Å². The minimum absolute atomic E-state index is 0.236. The van der Waals surface area contributed by atoms with Crippen molar-refractivity contribution in [3.05, 3.63) is 0 Å². The fraction of sp³-hybridized carbons (Fsp3) is 0.667. The Balaban J connectivity index is 5.46. The lowest BCUT2D eigenvalue weighted by atomic mass is 10.1. The highest BCUT2D eigenvalue weighted by atomic mass is 16.4. The Morgan fingerprint density at radius 3 is 1.70 bits per heavy atom. The number of aliphatic hydroxyl groups excluding tert-OH is 2. The Morgan fingerprint density at radius 1 is 0.758 bits per heavy atom. The Labute approximate surface area is 188 Å². The molecule has 0 spiro atoms. The molecule has 188 valence electrons. The number of hydrogen-bond donors (Lipinski definition) is 9. The smallest absolute Gasteiger partial charge is 0.328 e. The number of nitrogens with two attached hydrogens (primary N) is 2. The molecule has 0 fully saturated rings. The number of carboxylic acids is 2. The molecule has 6 unspecified atom stereocenters. The highest BCUT2D eigenvalue weighted by Crippen LogP contribution is 2.04. The lowest BCUT2D eigenvalue weighted by molar-refractivity contribution is -0.146. The second kappa shape index (κ2) is 14.0. The summed E-state index contributed by atoms with van der Waals surface area (Å²) in [4.78, 5) is 70.2. The predicted octanol–water partition coefficient (Wildman–Crippen LogP) is -4.26. The molecule has 33 heavy (non-hydrogen) atoms. The summed E-state index contributed by atoms with van der Waals surface area (Å²) in [6.45, 7) is 2.24. The van der Waals surface area contributed by atoms with Crippen LogP contribution in [0.25, 0.3) is 0 Å². The molecule has 0 aliphatic carbocycles. The van der Waals surface area contributed by atoms with Crippen molar-refractivity contribution in [2.45, 2.75) is 75.9 Å². The fourth-order valence-corrected chi connectivity index (χ4v) is 2.54. The summed E-state index contributed by atoms with van der Waals surface area (Å²) in [7, 11) is 0. The average molecular weight is 477 g/mol. The fourth-order valence-electron chi connectivity index (χ4n) is 2.54. The molecular formula is C18H31N5O10. The number of amides is 4. The number of aliphatic hydroxyl groups is 2. The van der Waals surface area contributed by atoms with Gasteiger partial charge >= 0.3 is 11.9 Å². The van der Waals surface area contributed by atoms with Crippen LogP contribution in [-0.2, 0) is 28.8 Å². The summed E-state index contributed by atoms with van der Waals surface area (Å²) in [5.74, 6) is -6.62. The van der Waals surface area contributed by atoms with Crippen molar-refractivity contribution >= 4 is 35.6 Å². The van der Waals surface area contributed by atoms with Crippen LogP contribution in [0.3, 0.4) is 0 Å². The SMILES string of the molecule is CC(O)C(NC(=O)C(NC(=O)C(CCC(N)=O)NC(=O)C(N)CCC(=O)O)C(C)O)C(=O)O. The molecule has 0 radical (unpaired) electrons. The van der Waals surface area contributed by atoms with E-state index in [-0.39, 0.29) is 19.3 Å². The number of hydrogen-bond acceptors (Lipinski definition) is 9. The van der Waals surface area contributed by atoms with E-state index in [0.29, 0.717) is 0 Å². The molecule has 15 nitrogen and oxygen atoms in total. The minimum atomic E-state index is -1.73. The van der Waals surface area contributed by atoms with Gasteiger partial charge in [-0.25, -0.2) is 4.79 Å². The first-order chi connectivity index (χ1) is 15.2. The van der Waals surface area contributed by atoms with E-state index in [0.717, 1.165) is 13.8 Å². The number of primary amides is 1. The van der Waals surface area contributed by atoms with Gasteiger partial charge in [0.1, 0.15) is 12.1 Å². The first-order valence-electron chi connectivity index (χ1n) is 9.93. The van der Waals surface area contributed by atoms with E-state index >= 15 is 0 Å². The molecule has 0 saturated carbocycles. The first kappa shape index (κ1) is 29.7. The van der Waals surface area contributed by atoms with Crippen molar-refractivity contribution in [2.75, 3.05) is 0 Å². The largest absolute Gasteiger partial charge is 0.481 e. The van der Waals surface area contributed by atoms with E-state index in [2.05, 4.69) is 10.6 Å². The van der Waals surface area contributed by atoms with Crippen LogP contribution in [0, 0.1) is 0 Å². The molecular weight excluding hydrogens is 446 g/mol. The van der Waals surface area contributed by atoms with Crippen LogP contribution in [0.1, 0.15) is 39.5 Å². The zero-order chi connectivity index (χ0) is 25.9. The van der Waals surface area contributed by atoms with Crippen LogP contribution in [0.5, 0.6) is 0 Å². The highest BCUT2D eigenvalue weighted by Gasteiger charge is 2.34. The summed E-state index contributed by atoms with van der Waals surface area (Å²) < 4.78 is 0. The van der Waals surface area contributed by atoms with Crippen molar-refractivity contribution in [3.63, 3.8) is 0 Å². The van der Waals surface area contributed by atoms with Crippen molar-refractivity contribution in [1.29, 1.82) is 0 Å². The Kier molecular flexibility index (Phi) is 12.6. The highest BCUT2D eigenvalue weighted by molar-refractivity contribution is 5.94. The monoisotopic (exact) mass is 477 g/mol. The zero-order valence-corrected chi connectivity index (χ0v) is 18.2. The minimum Gasteiger partial charge on any atom is -0.481 e. The van der Waals surface area contributed by atoms with Crippen molar-refractivity contribution < 1.29 is 49.2 Å². The molecule has 0 aromatic rings. The van der Waals surface area contributed by atoms with E-state index < -0.39 is 78.4 Å². The van der Waals surface area contributed by atoms with Crippen LogP contribution >= 0.6 is 0 Å². The Hall–Kier alpha value is -3.30. The quantitative estimate of drug-likeness (QED) is 0.109. The summed E-state index contributed by atoms with van der Waals surface area (Å²) >= 11 is 0. The topological polar surface area (TPSA) is 271 Å². The lowest BCUT2D eigenvalue weighted by Crippen LogP contribution is -2.61. The van der Waals surface area contributed by atoms with Gasteiger partial charge in [-0.3, -0.25) is 24.0 Å². The van der Waals surface area contributed by atoms with E-state index in [1.54, 1.807) is 0 Å². The summed E-state index contributed by atoms with van der Waals surface area (Å²) in [6, 6.07) is -6.15. The molecule has 0 heterocycles. The van der Waals surface area contributed by atoms with Crippen molar-refractivity contribution in [3.8, 4) is 0 Å². The van der Waals surface area contributed by atoms with Crippen molar-refractivity contribution in [1.82, 2.24) is 16.0 Å². The first-order valence-corrected chi connectivity index (χ1v) is 9.93. The van der Waals surface area contributed by atoms with Gasteiger partial charge in [-0.15, -0.1) is 0 Å². The number of carbonyl (C=O) groups is 6. The number of aliphatic carboxylic acids is 2. The number of nitrogens with one attached hydrogen (secondary N) is 3. The Bertz CT molecular complexity index is 742. The molecule has 4 amide bonds. The summed E-state index contributed by atoms with van der Waals surface area (Å²) in [6.07, 6.45) is -4.32. The van der Waals surface area contributed by atoms with Crippen LogP contribution in [0.15, 0.2) is 0 Å². The summed E-state index contributed by atoms with van der Waals surface area (Å²) in [5.41, 5.74) is 10.7. The van der Waals surface area contributed by atoms with E-state index in [1.807, 2.05) is 5.32 Å². The third-order valence-corrected chi connectivity index (χ3v) is 4.43. The second-order valence-electron chi connectivity index (χ2n) is 7.40. The van der Waals surface area contributed by atoms with Gasteiger partial charge in [-0.1, -0.05) is 0 Å². The van der Waals surface area contributed by atoms with Crippen LogP contribution in [0.2, 0.25) is 0 Å². The normalized spacial score (nSPS) is 16.3. The van der Waals surface area contributed by atoms with Gasteiger partial charge in [0.05, 0.1) is 18.2 Å². The molecule has 15 heteroatoms. The molecule has 11 N–H and O–H groups in total. The molecule has 0 aromatic heterocycles. The molecule has 0 aliphatic heterocycles. The van der Waals surface area contributed by atoms with Gasteiger partial charge in [-0.05, 0) is 26.7 Å². The molecule has 0 rings (SSSR count). The third-order valence-electron chi connectivity index (χ3n) is 4.43. The Morgan fingerprint density at radius 2 is 1.27 bits per heavy atom. The second-order valence-corrected chi connectivity index (χ2v) is 7.40. The third kappa shape index (κ3) is 11.2. The van der Waals surface area contributed by atoms with Crippen LogP contribution in [0.4, 0.5) is 0 Å². The predicted molar refractivity (Wildman–Crippen MR) is 110 cm³/mol. The van der Waals surface area contributed by atoms with Crippen LogP contribution in [-0.4, -0.2) is 92.4 Å². The van der Waals surface area contributed by atoms with Gasteiger partial charge in [0.2, 0.25) is 23.6 Å². The molecule has 0 aliphatic rings. The maximum Gasteiger partial charge on any atom is 0.328 e. The number of carbonyl (C=O) groups excluding carboxylic acids is 4. The van der Waals surface area contributed by atoms with E-state index in [4.69, 9.17) is 21.7 Å². The molecule has 0 bridgehead atoms. The van der Waals surface area contributed by atoms with Gasteiger partial charge in [0.25, 0.3) is 0 Å². The van der Waals surface area contributed by atoms with Gasteiger partial charge < -0.3 is 47.8 Å². The maximum atomic E-state index is 12.7. The molecule has 0 aromatic carbocycles. The lowest BCUT2D eigenvalue weighted by Gasteiger charge is -2.27. The zero-order valence-electron chi connectivity index (χ0n) is 18.2. The standard InChI is InChI=1S/C18H31N5O10/c1-7(24)13(17(31)23-14(8(2)25)18(32)33)22-16(30)10(4-5-11(20)26)21-15(29)9(19)3-6-12(27)28/h7-10,13-14,24-25H,3-6,19H2,1-2H3,(H2,20,26)(H,21,29)(H,22,30)(H,23,31)(H,27,28)(H,32,33). The summed E-state index contributed by atoms with van der Waals surface area (Å²) in [5, 5.41) is 43.5. The van der Waals surface area contributed by atoms with E-state index in [9.17, 15) is 39.0 Å². The number of rotatable bonds is 15. The van der Waals surface area contributed by atoms with Crippen molar-refractivity contribution in [2.24, 2.45) is 11.5 Å². The van der Waals surface area contributed by atoms with E-state index in [1.165, 1.54) is 0 Å². The average Bonchev–Trinajstić information content (AvgIpc) is 2.69. The van der Waals surface area contributed by atoms with Gasteiger partial charge in [0, 0.05) is 12.8 Å².